The number of aromatic nitrogens is 2. The number of nitrogens with zero attached hydrogens (tertiary/aromatic N) is 2. The molecular formula is C18H16F2N4O4S2. The summed E-state index contributed by atoms with van der Waals surface area (Å²) in [6.45, 7) is 3.38. The van der Waals surface area contributed by atoms with Crippen LogP contribution in [0.15, 0.2) is 58.3 Å². The molecule has 8 nitrogen and oxygen atoms in total. The van der Waals surface area contributed by atoms with Crippen LogP contribution in [0.1, 0.15) is 11.4 Å². The van der Waals surface area contributed by atoms with Gasteiger partial charge in [0.2, 0.25) is 5.95 Å². The zero-order chi connectivity index (χ0) is 22.1. The normalized spacial score (nSPS) is 11.9. The summed E-state index contributed by atoms with van der Waals surface area (Å²) in [5, 5.41) is 0. The first kappa shape index (κ1) is 21.6. The smallest absolute Gasteiger partial charge is 0.264 e. The van der Waals surface area contributed by atoms with Crippen molar-refractivity contribution in [2.45, 2.75) is 23.6 Å². The van der Waals surface area contributed by atoms with Crippen molar-refractivity contribution in [3.8, 4) is 0 Å². The molecule has 0 bridgehead atoms. The van der Waals surface area contributed by atoms with Crippen LogP contribution in [0.5, 0.6) is 0 Å². The highest BCUT2D eigenvalue weighted by atomic mass is 32.2. The van der Waals surface area contributed by atoms with Crippen molar-refractivity contribution in [2.75, 3.05) is 9.44 Å². The van der Waals surface area contributed by atoms with Crippen molar-refractivity contribution in [3.05, 3.63) is 71.6 Å². The van der Waals surface area contributed by atoms with E-state index in [9.17, 15) is 25.6 Å². The van der Waals surface area contributed by atoms with Crippen molar-refractivity contribution in [1.29, 1.82) is 0 Å². The molecule has 1 aromatic heterocycles. The summed E-state index contributed by atoms with van der Waals surface area (Å²) in [5.74, 6) is -2.14. The SMILES string of the molecule is Cc1cc(C)nc(NS(=O)(=O)c2ccc(NS(=O)(=O)c3cc(F)ccc3F)cc2)n1. The second-order valence-corrected chi connectivity index (χ2v) is 9.62. The van der Waals surface area contributed by atoms with Crippen LogP contribution >= 0.6 is 0 Å². The summed E-state index contributed by atoms with van der Waals surface area (Å²) in [6.07, 6.45) is 0. The average molecular weight is 454 g/mol. The van der Waals surface area contributed by atoms with Crippen molar-refractivity contribution in [1.82, 2.24) is 9.97 Å². The molecule has 3 aromatic rings. The van der Waals surface area contributed by atoms with Crippen LogP contribution in [0.25, 0.3) is 0 Å². The lowest BCUT2D eigenvalue weighted by atomic mass is 10.3. The summed E-state index contributed by atoms with van der Waals surface area (Å²) >= 11 is 0. The first-order valence-corrected chi connectivity index (χ1v) is 11.4. The molecule has 0 radical (unpaired) electrons. The van der Waals surface area contributed by atoms with E-state index in [1.54, 1.807) is 19.9 Å². The van der Waals surface area contributed by atoms with Gasteiger partial charge >= 0.3 is 0 Å². The molecule has 0 aliphatic rings. The molecule has 0 aliphatic carbocycles. The standard InChI is InChI=1S/C18H16F2N4O4S2/c1-11-9-12(2)22-18(21-11)24-29(25,26)15-6-4-14(5-7-15)23-30(27,28)17-10-13(19)3-8-16(17)20/h3-10,23H,1-2H3,(H,21,22,24). The number of nitrogens with one attached hydrogen (secondary N) is 2. The highest BCUT2D eigenvalue weighted by Crippen LogP contribution is 2.22. The minimum atomic E-state index is -4.42. The van der Waals surface area contributed by atoms with E-state index in [2.05, 4.69) is 19.4 Å². The van der Waals surface area contributed by atoms with Gasteiger partial charge in [-0.25, -0.2) is 40.3 Å². The monoisotopic (exact) mass is 454 g/mol. The fraction of sp³-hybridized carbons (Fsp3) is 0.111. The maximum absolute atomic E-state index is 13.8. The summed E-state index contributed by atoms with van der Waals surface area (Å²) in [7, 11) is -8.46. The van der Waals surface area contributed by atoms with E-state index in [1.165, 1.54) is 12.1 Å². The highest BCUT2D eigenvalue weighted by Gasteiger charge is 2.21. The number of halogens is 2. The lowest BCUT2D eigenvalue weighted by Crippen LogP contribution is -2.17. The van der Waals surface area contributed by atoms with E-state index in [1.807, 2.05) is 0 Å². The summed E-state index contributed by atoms with van der Waals surface area (Å²) in [6, 6.07) is 8.35. The molecule has 30 heavy (non-hydrogen) atoms. The van der Waals surface area contributed by atoms with E-state index in [4.69, 9.17) is 0 Å². The van der Waals surface area contributed by atoms with Crippen molar-refractivity contribution < 1.29 is 25.6 Å². The molecule has 2 aromatic carbocycles. The van der Waals surface area contributed by atoms with E-state index >= 15 is 0 Å². The number of rotatable bonds is 6. The molecule has 3 rings (SSSR count). The lowest BCUT2D eigenvalue weighted by Gasteiger charge is -2.11. The number of anilines is 2. The van der Waals surface area contributed by atoms with Crippen LogP contribution in [-0.2, 0) is 20.0 Å². The van der Waals surface area contributed by atoms with Gasteiger partial charge in [-0.1, -0.05) is 0 Å². The summed E-state index contributed by atoms with van der Waals surface area (Å²) in [5.41, 5.74) is 1.12. The molecule has 0 amide bonds. The number of benzene rings is 2. The molecule has 0 aliphatic heterocycles. The summed E-state index contributed by atoms with van der Waals surface area (Å²) < 4.78 is 81.0. The number of sulfonamides is 2. The second-order valence-electron chi connectivity index (χ2n) is 6.28. The Hall–Kier alpha value is -3.12. The Morgan fingerprint density at radius 2 is 1.37 bits per heavy atom. The molecule has 2 N–H and O–H groups in total. The second kappa shape index (κ2) is 7.95. The van der Waals surface area contributed by atoms with Crippen LogP contribution in [-0.4, -0.2) is 26.8 Å². The number of aryl methyl sites for hydroxylation is 2. The first-order chi connectivity index (χ1) is 14.0. The minimum Gasteiger partial charge on any atom is -0.280 e. The van der Waals surface area contributed by atoms with Crippen LogP contribution in [0, 0.1) is 25.5 Å². The van der Waals surface area contributed by atoms with Gasteiger partial charge in [-0.05, 0) is 62.4 Å². The predicted molar refractivity (Wildman–Crippen MR) is 106 cm³/mol. The highest BCUT2D eigenvalue weighted by molar-refractivity contribution is 7.93. The Bertz CT molecular complexity index is 1290. The van der Waals surface area contributed by atoms with Gasteiger partial charge in [0.1, 0.15) is 16.5 Å². The van der Waals surface area contributed by atoms with Gasteiger partial charge in [-0.3, -0.25) is 4.72 Å². The Morgan fingerprint density at radius 3 is 1.97 bits per heavy atom. The van der Waals surface area contributed by atoms with Gasteiger partial charge in [0, 0.05) is 17.1 Å². The topological polar surface area (TPSA) is 118 Å². The molecule has 158 valence electrons. The zero-order valence-electron chi connectivity index (χ0n) is 15.7. The fourth-order valence-electron chi connectivity index (χ4n) is 2.55. The molecule has 0 spiro atoms. The average Bonchev–Trinajstić information content (AvgIpc) is 2.62. The molecule has 0 unspecified atom stereocenters. The van der Waals surface area contributed by atoms with Gasteiger partial charge in [-0.2, -0.15) is 0 Å². The largest absolute Gasteiger partial charge is 0.280 e. The van der Waals surface area contributed by atoms with Crippen LogP contribution in [0.4, 0.5) is 20.4 Å². The Balaban J connectivity index is 1.82. The van der Waals surface area contributed by atoms with Crippen molar-refractivity contribution >= 4 is 31.7 Å². The first-order valence-electron chi connectivity index (χ1n) is 8.39. The molecule has 0 saturated carbocycles. The van der Waals surface area contributed by atoms with E-state index in [-0.39, 0.29) is 16.5 Å². The van der Waals surface area contributed by atoms with E-state index in [0.29, 0.717) is 23.5 Å². The Kier molecular flexibility index (Phi) is 5.72. The summed E-state index contributed by atoms with van der Waals surface area (Å²) in [4.78, 5) is 6.96. The molecule has 1 heterocycles. The van der Waals surface area contributed by atoms with Gasteiger partial charge in [0.05, 0.1) is 4.90 Å². The molecular weight excluding hydrogens is 438 g/mol. The maximum Gasteiger partial charge on any atom is 0.264 e. The lowest BCUT2D eigenvalue weighted by molar-refractivity contribution is 0.555. The fourth-order valence-corrected chi connectivity index (χ4v) is 4.64. The van der Waals surface area contributed by atoms with Crippen LogP contribution in [0.3, 0.4) is 0 Å². The molecule has 0 fully saturated rings. The van der Waals surface area contributed by atoms with Gasteiger partial charge < -0.3 is 0 Å². The van der Waals surface area contributed by atoms with Gasteiger partial charge in [0.15, 0.2) is 0 Å². The van der Waals surface area contributed by atoms with Gasteiger partial charge in [0.25, 0.3) is 20.0 Å². The molecule has 0 atom stereocenters. The molecule has 12 heteroatoms. The number of hydrogen-bond donors (Lipinski definition) is 2. The number of hydrogen-bond acceptors (Lipinski definition) is 6. The minimum absolute atomic E-state index is 0.0414. The van der Waals surface area contributed by atoms with E-state index in [0.717, 1.165) is 18.2 Å². The zero-order valence-corrected chi connectivity index (χ0v) is 17.4. The van der Waals surface area contributed by atoms with E-state index < -0.39 is 36.6 Å². The van der Waals surface area contributed by atoms with Crippen LogP contribution in [0.2, 0.25) is 0 Å². The quantitative estimate of drug-likeness (QED) is 0.591. The third-order valence-corrected chi connectivity index (χ3v) is 6.55. The third-order valence-electron chi connectivity index (χ3n) is 3.81. The third kappa shape index (κ3) is 4.89. The Labute approximate surface area is 172 Å². The van der Waals surface area contributed by atoms with Gasteiger partial charge in [-0.15, -0.1) is 0 Å². The maximum atomic E-state index is 13.8. The van der Waals surface area contributed by atoms with Crippen molar-refractivity contribution in [2.24, 2.45) is 0 Å². The van der Waals surface area contributed by atoms with Crippen molar-refractivity contribution in [3.63, 3.8) is 0 Å². The Morgan fingerprint density at radius 1 is 0.767 bits per heavy atom. The predicted octanol–water partition coefficient (Wildman–Crippen LogP) is 2.97. The molecule has 0 saturated heterocycles. The van der Waals surface area contributed by atoms with Crippen LogP contribution < -0.4 is 9.44 Å².